The number of aryl methyl sites for hydroxylation is 1. The SMILES string of the molecule is C=CCCc1nnc(NCC(=O)N2CCCC2C(=O)OC)o1.C=Cc1cccc(-c2nc3ccccc3[nH]c2=O)c1.CC(C)C. The van der Waals surface area contributed by atoms with Gasteiger partial charge < -0.3 is 24.4 Å². The van der Waals surface area contributed by atoms with Crippen LogP contribution in [0.4, 0.5) is 6.01 Å². The van der Waals surface area contributed by atoms with E-state index < -0.39 is 6.04 Å². The van der Waals surface area contributed by atoms with Crippen molar-refractivity contribution in [3.05, 3.63) is 89.6 Å². The number of carbonyl (C=O) groups is 2. The molecule has 0 spiro atoms. The van der Waals surface area contributed by atoms with E-state index in [1.54, 1.807) is 12.2 Å². The molecule has 2 N–H and O–H groups in total. The minimum absolute atomic E-state index is 0.00339. The van der Waals surface area contributed by atoms with Crippen molar-refractivity contribution in [3.63, 3.8) is 0 Å². The minimum Gasteiger partial charge on any atom is -0.467 e. The van der Waals surface area contributed by atoms with Crippen LogP contribution in [0.15, 0.2) is 77.0 Å². The molecule has 1 amide bonds. The zero-order valence-electron chi connectivity index (χ0n) is 26.4. The number of aromatic nitrogens is 4. The lowest BCUT2D eigenvalue weighted by atomic mass is 10.1. The van der Waals surface area contributed by atoms with Crippen LogP contribution in [0, 0.1) is 5.92 Å². The third-order valence-electron chi connectivity index (χ3n) is 6.46. The molecule has 3 heterocycles. The first-order valence-corrected chi connectivity index (χ1v) is 14.9. The van der Waals surface area contributed by atoms with E-state index in [4.69, 9.17) is 9.15 Å². The number of likely N-dealkylation sites (tertiary alicyclic amines) is 1. The molecule has 4 aromatic rings. The molecular formula is C34H42N6O5. The number of nitrogens with zero attached hydrogens (tertiary/aromatic N) is 4. The van der Waals surface area contributed by atoms with Crippen LogP contribution in [0.25, 0.3) is 28.4 Å². The fourth-order valence-corrected chi connectivity index (χ4v) is 4.39. The summed E-state index contributed by atoms with van der Waals surface area (Å²) in [6, 6.07) is 14.8. The van der Waals surface area contributed by atoms with Gasteiger partial charge in [-0.05, 0) is 48.9 Å². The lowest BCUT2D eigenvalue weighted by Gasteiger charge is -2.22. The Balaban J connectivity index is 0.000000221. The Morgan fingerprint density at radius 2 is 1.91 bits per heavy atom. The zero-order chi connectivity index (χ0) is 32.8. The van der Waals surface area contributed by atoms with Crippen LogP contribution in [0.5, 0.6) is 0 Å². The molecular weight excluding hydrogens is 572 g/mol. The molecule has 11 heteroatoms. The number of carbonyl (C=O) groups excluding carboxylic acids is 2. The van der Waals surface area contributed by atoms with Gasteiger partial charge in [-0.25, -0.2) is 9.78 Å². The number of H-pyrrole nitrogens is 1. The number of benzene rings is 2. The van der Waals surface area contributed by atoms with Gasteiger partial charge in [0, 0.05) is 18.5 Å². The third kappa shape index (κ3) is 10.3. The number of aromatic amines is 1. The summed E-state index contributed by atoms with van der Waals surface area (Å²) in [4.78, 5) is 44.7. The van der Waals surface area contributed by atoms with Gasteiger partial charge in [0.05, 0.1) is 24.7 Å². The summed E-state index contributed by atoms with van der Waals surface area (Å²) in [6.45, 7) is 14.4. The van der Waals surface area contributed by atoms with Crippen LogP contribution in [-0.4, -0.2) is 63.2 Å². The maximum Gasteiger partial charge on any atom is 0.328 e. The number of hydrogen-bond acceptors (Lipinski definition) is 9. The van der Waals surface area contributed by atoms with Crippen molar-refractivity contribution in [2.75, 3.05) is 25.5 Å². The van der Waals surface area contributed by atoms with Crippen LogP contribution in [-0.2, 0) is 20.7 Å². The highest BCUT2D eigenvalue weighted by molar-refractivity contribution is 5.87. The van der Waals surface area contributed by atoms with Gasteiger partial charge in [-0.1, -0.05) is 74.9 Å². The summed E-state index contributed by atoms with van der Waals surface area (Å²) in [5.41, 5.74) is 3.54. The number of amides is 1. The molecule has 0 saturated carbocycles. The van der Waals surface area contributed by atoms with Gasteiger partial charge in [0.1, 0.15) is 11.7 Å². The molecule has 2 aromatic carbocycles. The normalized spacial score (nSPS) is 13.7. The number of ether oxygens (including phenoxy) is 1. The van der Waals surface area contributed by atoms with E-state index in [1.165, 1.54) is 12.0 Å². The molecule has 1 fully saturated rings. The van der Waals surface area contributed by atoms with Gasteiger partial charge in [-0.2, -0.15) is 0 Å². The highest BCUT2D eigenvalue weighted by Gasteiger charge is 2.34. The Morgan fingerprint density at radius 1 is 1.16 bits per heavy atom. The highest BCUT2D eigenvalue weighted by Crippen LogP contribution is 2.19. The number of para-hydroxylation sites is 2. The van der Waals surface area contributed by atoms with E-state index in [9.17, 15) is 14.4 Å². The first-order valence-electron chi connectivity index (χ1n) is 14.9. The Kier molecular flexibility index (Phi) is 13.2. The highest BCUT2D eigenvalue weighted by atomic mass is 16.5. The lowest BCUT2D eigenvalue weighted by molar-refractivity contribution is -0.150. The number of esters is 1. The van der Waals surface area contributed by atoms with Crippen molar-refractivity contribution in [1.29, 1.82) is 0 Å². The van der Waals surface area contributed by atoms with Crippen molar-refractivity contribution in [1.82, 2.24) is 25.1 Å². The molecule has 0 aliphatic carbocycles. The van der Waals surface area contributed by atoms with E-state index >= 15 is 0 Å². The zero-order valence-corrected chi connectivity index (χ0v) is 26.4. The summed E-state index contributed by atoms with van der Waals surface area (Å²) in [5, 5.41) is 10.5. The first-order chi connectivity index (χ1) is 21.7. The number of rotatable bonds is 9. The Bertz CT molecular complexity index is 1640. The predicted molar refractivity (Wildman–Crippen MR) is 176 cm³/mol. The first kappa shape index (κ1) is 34.4. The molecule has 45 heavy (non-hydrogen) atoms. The number of methoxy groups -OCH3 is 1. The average Bonchev–Trinajstić information content (AvgIpc) is 3.72. The lowest BCUT2D eigenvalue weighted by Crippen LogP contribution is -2.43. The van der Waals surface area contributed by atoms with Crippen molar-refractivity contribution in [3.8, 4) is 11.3 Å². The van der Waals surface area contributed by atoms with Gasteiger partial charge in [-0.15, -0.1) is 11.7 Å². The third-order valence-corrected chi connectivity index (χ3v) is 6.46. The molecule has 1 atom stereocenters. The standard InChI is InChI=1S/C16H12N2O.C14H20N4O4.C4H10/c1-2-11-6-5-7-12(10-11)15-16(19)18-14-9-4-3-8-13(14)17-15;1-3-4-7-11-16-17-14(22-11)15-9-12(19)18-8-5-6-10(18)13(20)21-2;1-4(2)3/h2-10H,1H2,(H,18,19);3,10H,1,4-9H2,2H3,(H,15,17);4H,1-3H3. The van der Waals surface area contributed by atoms with Gasteiger partial charge in [0.25, 0.3) is 5.56 Å². The van der Waals surface area contributed by atoms with Crippen molar-refractivity contribution in [2.45, 2.75) is 52.5 Å². The molecule has 11 nitrogen and oxygen atoms in total. The van der Waals surface area contributed by atoms with Crippen LogP contribution in [0.1, 0.15) is 51.5 Å². The van der Waals surface area contributed by atoms with Crippen LogP contribution >= 0.6 is 0 Å². The molecule has 0 bridgehead atoms. The van der Waals surface area contributed by atoms with E-state index in [-0.39, 0.29) is 30.0 Å². The molecule has 1 saturated heterocycles. The van der Waals surface area contributed by atoms with Gasteiger partial charge >= 0.3 is 12.0 Å². The molecule has 2 aromatic heterocycles. The van der Waals surface area contributed by atoms with E-state index in [2.05, 4.69) is 59.4 Å². The smallest absolute Gasteiger partial charge is 0.328 e. The fraction of sp³-hybridized carbons (Fsp3) is 0.353. The van der Waals surface area contributed by atoms with E-state index in [1.807, 2.05) is 48.5 Å². The molecule has 1 unspecified atom stereocenters. The predicted octanol–water partition coefficient (Wildman–Crippen LogP) is 5.66. The fourth-order valence-electron chi connectivity index (χ4n) is 4.39. The van der Waals surface area contributed by atoms with Gasteiger partial charge in [0.2, 0.25) is 11.8 Å². The number of hydrogen-bond donors (Lipinski definition) is 2. The number of anilines is 1. The Labute approximate surface area is 263 Å². The van der Waals surface area contributed by atoms with Crippen molar-refractivity contribution in [2.24, 2.45) is 5.92 Å². The minimum atomic E-state index is -0.495. The Hall–Kier alpha value is -5.06. The van der Waals surface area contributed by atoms with Crippen LogP contribution < -0.4 is 10.9 Å². The average molecular weight is 615 g/mol. The van der Waals surface area contributed by atoms with Crippen LogP contribution in [0.2, 0.25) is 0 Å². The summed E-state index contributed by atoms with van der Waals surface area (Å²) in [6.07, 6.45) is 6.29. The molecule has 0 radical (unpaired) electrons. The molecule has 1 aliphatic heterocycles. The van der Waals surface area contributed by atoms with Gasteiger partial charge in [0.15, 0.2) is 0 Å². The molecule has 5 rings (SSSR count). The van der Waals surface area contributed by atoms with Crippen molar-refractivity contribution >= 4 is 35.0 Å². The van der Waals surface area contributed by atoms with E-state index in [0.717, 1.165) is 40.9 Å². The summed E-state index contributed by atoms with van der Waals surface area (Å²) in [7, 11) is 1.32. The maximum atomic E-state index is 12.2. The summed E-state index contributed by atoms with van der Waals surface area (Å²) < 4.78 is 10.1. The summed E-state index contributed by atoms with van der Waals surface area (Å²) in [5.74, 6) is 0.748. The second-order valence-electron chi connectivity index (χ2n) is 10.9. The van der Waals surface area contributed by atoms with Crippen molar-refractivity contribution < 1.29 is 18.7 Å². The Morgan fingerprint density at radius 3 is 2.62 bits per heavy atom. The second kappa shape index (κ2) is 17.3. The summed E-state index contributed by atoms with van der Waals surface area (Å²) >= 11 is 0. The van der Waals surface area contributed by atoms with E-state index in [0.29, 0.717) is 31.0 Å². The maximum absolute atomic E-state index is 12.2. The quantitative estimate of drug-likeness (QED) is 0.180. The number of allylic oxidation sites excluding steroid dienone is 1. The number of nitrogens with one attached hydrogen (secondary N) is 2. The second-order valence-corrected chi connectivity index (χ2v) is 10.9. The van der Waals surface area contributed by atoms with Crippen LogP contribution in [0.3, 0.4) is 0 Å². The largest absolute Gasteiger partial charge is 0.467 e. The molecule has 1 aliphatic rings. The molecule has 238 valence electrons. The number of fused-ring (bicyclic) bond motifs is 1. The monoisotopic (exact) mass is 614 g/mol. The van der Waals surface area contributed by atoms with Gasteiger partial charge in [-0.3, -0.25) is 9.59 Å². The topological polar surface area (TPSA) is 143 Å².